The molecule has 0 fully saturated rings. The Morgan fingerprint density at radius 1 is 0.500 bits per heavy atom. The van der Waals surface area contributed by atoms with E-state index in [1.165, 1.54) is 38.5 Å². The summed E-state index contributed by atoms with van der Waals surface area (Å²) in [6.07, 6.45) is 10.2. The molecule has 0 spiro atoms. The Balaban J connectivity index is 3.13. The van der Waals surface area contributed by atoms with Crippen LogP contribution >= 0.6 is 0 Å². The molecule has 0 aliphatic heterocycles. The molecule has 0 N–H and O–H groups in total. The summed E-state index contributed by atoms with van der Waals surface area (Å²) in [6.45, 7) is 7.30. The van der Waals surface area contributed by atoms with Crippen molar-refractivity contribution in [2.75, 3.05) is 26.2 Å². The van der Waals surface area contributed by atoms with Gasteiger partial charge >= 0.3 is 0 Å². The van der Waals surface area contributed by atoms with Crippen LogP contribution in [-0.2, 0) is 0 Å². The average Bonchev–Trinajstić information content (AvgIpc) is 2.47. The van der Waals surface area contributed by atoms with Crippen LogP contribution in [0.4, 0.5) is 0 Å². The fraction of sp³-hybridized carbons (Fsp3) is 0.875. The largest absolute Gasteiger partial charge is 0.226 e. The van der Waals surface area contributed by atoms with E-state index in [1.54, 1.807) is 0 Å². The highest BCUT2D eigenvalue weighted by Crippen LogP contribution is 2.08. The molecule has 0 saturated carbocycles. The van der Waals surface area contributed by atoms with Gasteiger partial charge in [-0.1, -0.05) is 38.5 Å². The van der Waals surface area contributed by atoms with E-state index < -0.39 is 0 Å². The second-order valence-corrected chi connectivity index (χ2v) is 4.74. The van der Waals surface area contributed by atoms with Gasteiger partial charge in [-0.2, -0.15) is 0 Å². The van der Waals surface area contributed by atoms with Crippen LogP contribution in [0.1, 0.15) is 65.2 Å². The van der Waals surface area contributed by atoms with Crippen LogP contribution in [0.25, 0.3) is 0 Å². The summed E-state index contributed by atoms with van der Waals surface area (Å²) in [6, 6.07) is 5.42. The van der Waals surface area contributed by atoms with E-state index in [0.717, 1.165) is 39.0 Å². The average molecular weight is 278 g/mol. The summed E-state index contributed by atoms with van der Waals surface area (Å²) in [5, 5.41) is 0. The van der Waals surface area contributed by atoms with Crippen LogP contribution in [0, 0.1) is 0 Å². The highest BCUT2D eigenvalue weighted by atomic mass is 14.8. The zero-order valence-corrected chi connectivity index (χ0v) is 13.3. The molecule has 4 heteroatoms. The van der Waals surface area contributed by atoms with Crippen LogP contribution in [0.15, 0.2) is 20.0 Å². The lowest BCUT2D eigenvalue weighted by molar-refractivity contribution is 0.573. The van der Waals surface area contributed by atoms with Gasteiger partial charge in [0.1, 0.15) is 0 Å². The first kappa shape index (κ1) is 18.8. The van der Waals surface area contributed by atoms with E-state index in [1.807, 2.05) is 13.8 Å². The van der Waals surface area contributed by atoms with Gasteiger partial charge in [0.25, 0.3) is 0 Å². The Bertz CT molecular complexity index is 278. The third kappa shape index (κ3) is 16.8. The minimum absolute atomic E-state index is 0.778. The molecule has 0 heterocycles. The minimum atomic E-state index is 0.778. The van der Waals surface area contributed by atoms with Gasteiger partial charge < -0.3 is 0 Å². The van der Waals surface area contributed by atoms with E-state index in [4.69, 9.17) is 0 Å². The van der Waals surface area contributed by atoms with E-state index in [0.29, 0.717) is 0 Å². The fourth-order valence-electron chi connectivity index (χ4n) is 1.78. The predicted octanol–water partition coefficient (Wildman–Crippen LogP) is 4.49. The normalized spacial score (nSPS) is 9.50. The Hall–Kier alpha value is -1.24. The Morgan fingerprint density at radius 2 is 0.850 bits per heavy atom. The highest BCUT2D eigenvalue weighted by Gasteiger charge is 1.91. The third-order valence-corrected chi connectivity index (χ3v) is 2.89. The van der Waals surface area contributed by atoms with Gasteiger partial charge in [0, 0.05) is 26.2 Å². The predicted molar refractivity (Wildman–Crippen MR) is 87.5 cm³/mol. The standard InChI is InChI=1S/C16H30N4/c1-3-17-15-19-13-11-9-7-5-6-8-10-12-14-20-16-18-4-2/h3-14H2,1-2H3. The molecule has 0 radical (unpaired) electrons. The number of hydrogen-bond acceptors (Lipinski definition) is 4. The van der Waals surface area contributed by atoms with E-state index in [9.17, 15) is 0 Å². The molecular formula is C16H30N4. The Morgan fingerprint density at radius 3 is 1.20 bits per heavy atom. The van der Waals surface area contributed by atoms with Gasteiger partial charge in [0.2, 0.25) is 0 Å². The fourth-order valence-corrected chi connectivity index (χ4v) is 1.78. The first-order valence-corrected chi connectivity index (χ1v) is 8.07. The van der Waals surface area contributed by atoms with Crippen LogP contribution in [0.5, 0.6) is 0 Å². The first-order valence-electron chi connectivity index (χ1n) is 8.07. The molecule has 114 valence electrons. The SMILES string of the molecule is CCN=C=NCCCCCCCCCCN=C=NCC. The third-order valence-electron chi connectivity index (χ3n) is 2.89. The van der Waals surface area contributed by atoms with Crippen molar-refractivity contribution in [2.45, 2.75) is 65.2 Å². The van der Waals surface area contributed by atoms with Crippen molar-refractivity contribution in [1.82, 2.24) is 0 Å². The summed E-state index contributed by atoms with van der Waals surface area (Å²) in [4.78, 5) is 16.1. The summed E-state index contributed by atoms with van der Waals surface area (Å²) < 4.78 is 0. The molecule has 0 aliphatic rings. The van der Waals surface area contributed by atoms with Crippen molar-refractivity contribution < 1.29 is 0 Å². The van der Waals surface area contributed by atoms with Crippen LogP contribution < -0.4 is 0 Å². The molecule has 0 aromatic carbocycles. The van der Waals surface area contributed by atoms with Crippen molar-refractivity contribution in [3.63, 3.8) is 0 Å². The van der Waals surface area contributed by atoms with E-state index in [-0.39, 0.29) is 0 Å². The van der Waals surface area contributed by atoms with Crippen LogP contribution in [0.3, 0.4) is 0 Å². The Kier molecular flexibility index (Phi) is 16.7. The number of hydrogen-bond donors (Lipinski definition) is 0. The summed E-state index contributed by atoms with van der Waals surface area (Å²) >= 11 is 0. The maximum atomic E-state index is 4.11. The summed E-state index contributed by atoms with van der Waals surface area (Å²) in [5.74, 6) is 0. The molecule has 0 aliphatic carbocycles. The zero-order chi connectivity index (χ0) is 14.7. The second kappa shape index (κ2) is 17.8. The lowest BCUT2D eigenvalue weighted by Crippen LogP contribution is -1.85. The number of aliphatic imine (C=N–C) groups is 4. The number of nitrogens with zero attached hydrogens (tertiary/aromatic N) is 4. The van der Waals surface area contributed by atoms with E-state index >= 15 is 0 Å². The van der Waals surface area contributed by atoms with Crippen molar-refractivity contribution in [3.05, 3.63) is 0 Å². The molecule has 0 amide bonds. The van der Waals surface area contributed by atoms with Gasteiger partial charge in [0.05, 0.1) is 12.0 Å². The Labute approximate surface area is 124 Å². The summed E-state index contributed by atoms with van der Waals surface area (Å²) in [5.41, 5.74) is 0. The molecule has 0 rings (SSSR count). The van der Waals surface area contributed by atoms with Crippen LogP contribution in [-0.4, -0.2) is 38.2 Å². The van der Waals surface area contributed by atoms with Gasteiger partial charge in [-0.25, -0.2) is 20.0 Å². The molecule has 0 aromatic rings. The smallest absolute Gasteiger partial charge is 0.0892 e. The van der Waals surface area contributed by atoms with Crippen molar-refractivity contribution >= 4 is 12.0 Å². The maximum absolute atomic E-state index is 4.11. The first-order chi connectivity index (χ1) is 9.91. The quantitative estimate of drug-likeness (QED) is 0.352. The van der Waals surface area contributed by atoms with Gasteiger partial charge in [0.15, 0.2) is 0 Å². The molecule has 20 heavy (non-hydrogen) atoms. The highest BCUT2D eigenvalue weighted by molar-refractivity contribution is 5.41. The topological polar surface area (TPSA) is 49.4 Å². The van der Waals surface area contributed by atoms with Crippen molar-refractivity contribution in [2.24, 2.45) is 20.0 Å². The van der Waals surface area contributed by atoms with Gasteiger partial charge in [-0.3, -0.25) is 0 Å². The number of rotatable bonds is 13. The van der Waals surface area contributed by atoms with E-state index in [2.05, 4.69) is 32.0 Å². The number of unbranched alkanes of at least 4 members (excludes halogenated alkanes) is 7. The molecule has 0 aromatic heterocycles. The van der Waals surface area contributed by atoms with Crippen molar-refractivity contribution in [1.29, 1.82) is 0 Å². The van der Waals surface area contributed by atoms with Gasteiger partial charge in [-0.15, -0.1) is 0 Å². The van der Waals surface area contributed by atoms with Gasteiger partial charge in [-0.05, 0) is 26.7 Å². The lowest BCUT2D eigenvalue weighted by Gasteiger charge is -2.00. The lowest BCUT2D eigenvalue weighted by atomic mass is 10.1. The molecule has 0 atom stereocenters. The zero-order valence-electron chi connectivity index (χ0n) is 13.3. The molecule has 0 unspecified atom stereocenters. The molecular weight excluding hydrogens is 248 g/mol. The van der Waals surface area contributed by atoms with Crippen molar-refractivity contribution in [3.8, 4) is 0 Å². The van der Waals surface area contributed by atoms with Crippen LogP contribution in [0.2, 0.25) is 0 Å². The molecule has 0 saturated heterocycles. The minimum Gasteiger partial charge on any atom is -0.226 e. The molecule has 0 bridgehead atoms. The summed E-state index contributed by atoms with van der Waals surface area (Å²) in [7, 11) is 0. The molecule has 4 nitrogen and oxygen atoms in total. The maximum Gasteiger partial charge on any atom is 0.0892 e. The second-order valence-electron chi connectivity index (χ2n) is 4.74. The monoisotopic (exact) mass is 278 g/mol.